The molecule has 0 aliphatic rings. The third-order valence-corrected chi connectivity index (χ3v) is 7.31. The predicted octanol–water partition coefficient (Wildman–Crippen LogP) is 6.09. The molecule has 4 aromatic rings. The van der Waals surface area contributed by atoms with Crippen LogP contribution in [0.4, 0.5) is 0 Å². The molecule has 2 heterocycles. The molecule has 0 radical (unpaired) electrons. The lowest BCUT2D eigenvalue weighted by Crippen LogP contribution is -2.08. The van der Waals surface area contributed by atoms with E-state index in [4.69, 9.17) is 32.7 Å². The number of nitrogens with zero attached hydrogens (tertiary/aromatic N) is 4. The molecule has 2 aromatic carbocycles. The topological polar surface area (TPSA) is 79.1 Å². The fraction of sp³-hybridized carbons (Fsp3) is 0.182. The van der Waals surface area contributed by atoms with Crippen molar-refractivity contribution < 1.29 is 14.3 Å². The van der Waals surface area contributed by atoms with Crippen LogP contribution < -0.4 is 4.74 Å². The van der Waals surface area contributed by atoms with Crippen LogP contribution in [0, 0.1) is 0 Å². The zero-order valence-electron chi connectivity index (χ0n) is 17.6. The van der Waals surface area contributed by atoms with Crippen molar-refractivity contribution in [2.45, 2.75) is 22.8 Å². The van der Waals surface area contributed by atoms with Gasteiger partial charge in [0.15, 0.2) is 4.34 Å². The van der Waals surface area contributed by atoms with Crippen LogP contribution in [0.2, 0.25) is 10.0 Å². The SMILES string of the molecule is CCOC(=O)c1nnn(Cc2ccc(OC)cc2)c1Sc1nc(-c2ccc(Cl)c(Cl)c2)cs1. The first-order valence-electron chi connectivity index (χ1n) is 9.80. The summed E-state index contributed by atoms with van der Waals surface area (Å²) in [6.45, 7) is 2.41. The van der Waals surface area contributed by atoms with E-state index in [2.05, 4.69) is 15.3 Å². The minimum absolute atomic E-state index is 0.154. The first kappa shape index (κ1) is 23.6. The van der Waals surface area contributed by atoms with Gasteiger partial charge >= 0.3 is 5.97 Å². The van der Waals surface area contributed by atoms with Gasteiger partial charge in [-0.2, -0.15) is 0 Å². The maximum Gasteiger partial charge on any atom is 0.361 e. The van der Waals surface area contributed by atoms with Crippen LogP contribution in [0.5, 0.6) is 5.75 Å². The smallest absolute Gasteiger partial charge is 0.361 e. The average Bonchev–Trinajstić information content (AvgIpc) is 3.44. The molecule has 170 valence electrons. The summed E-state index contributed by atoms with van der Waals surface area (Å²) in [5, 5.41) is 11.7. The number of thiazole rings is 1. The normalized spacial score (nSPS) is 10.9. The summed E-state index contributed by atoms with van der Waals surface area (Å²) in [6, 6.07) is 13.0. The highest BCUT2D eigenvalue weighted by atomic mass is 35.5. The third kappa shape index (κ3) is 5.50. The number of carbonyl (C=O) groups excluding carboxylic acids is 1. The second-order valence-corrected chi connectivity index (χ2v) is 9.61. The van der Waals surface area contributed by atoms with Crippen molar-refractivity contribution >= 4 is 52.3 Å². The molecule has 0 bridgehead atoms. The van der Waals surface area contributed by atoms with E-state index in [1.54, 1.807) is 30.8 Å². The highest BCUT2D eigenvalue weighted by Gasteiger charge is 2.23. The number of rotatable bonds is 8. The molecule has 0 fully saturated rings. The fourth-order valence-corrected chi connectivity index (χ4v) is 5.08. The minimum Gasteiger partial charge on any atom is -0.497 e. The van der Waals surface area contributed by atoms with Crippen molar-refractivity contribution in [2.75, 3.05) is 13.7 Å². The van der Waals surface area contributed by atoms with Crippen LogP contribution in [0.15, 0.2) is 57.2 Å². The monoisotopic (exact) mass is 520 g/mol. The van der Waals surface area contributed by atoms with E-state index in [1.807, 2.05) is 35.7 Å². The third-order valence-electron chi connectivity index (χ3n) is 4.53. The van der Waals surface area contributed by atoms with Gasteiger partial charge in [-0.25, -0.2) is 14.5 Å². The van der Waals surface area contributed by atoms with Gasteiger partial charge in [0.05, 0.1) is 36.0 Å². The molecule has 0 N–H and O–H groups in total. The van der Waals surface area contributed by atoms with E-state index in [0.29, 0.717) is 21.6 Å². The molecular weight excluding hydrogens is 503 g/mol. The Labute approximate surface area is 208 Å². The summed E-state index contributed by atoms with van der Waals surface area (Å²) in [6.07, 6.45) is 0. The van der Waals surface area contributed by atoms with Crippen molar-refractivity contribution in [3.63, 3.8) is 0 Å². The molecule has 7 nitrogen and oxygen atoms in total. The highest BCUT2D eigenvalue weighted by molar-refractivity contribution is 8.01. The van der Waals surface area contributed by atoms with Crippen LogP contribution in [0.25, 0.3) is 11.3 Å². The Bertz CT molecular complexity index is 1280. The second kappa shape index (κ2) is 10.6. The summed E-state index contributed by atoms with van der Waals surface area (Å²) in [5.74, 6) is 0.235. The summed E-state index contributed by atoms with van der Waals surface area (Å²) in [7, 11) is 1.62. The molecule has 2 aromatic heterocycles. The van der Waals surface area contributed by atoms with Crippen molar-refractivity contribution in [1.82, 2.24) is 20.0 Å². The quantitative estimate of drug-likeness (QED) is 0.260. The van der Waals surface area contributed by atoms with Gasteiger partial charge in [0, 0.05) is 10.9 Å². The lowest BCUT2D eigenvalue weighted by molar-refractivity contribution is 0.0515. The van der Waals surface area contributed by atoms with Gasteiger partial charge in [0.1, 0.15) is 10.8 Å². The molecule has 0 saturated heterocycles. The highest BCUT2D eigenvalue weighted by Crippen LogP contribution is 2.36. The van der Waals surface area contributed by atoms with Crippen molar-refractivity contribution in [3.05, 3.63) is 69.1 Å². The zero-order chi connectivity index (χ0) is 23.4. The summed E-state index contributed by atoms with van der Waals surface area (Å²) in [4.78, 5) is 17.2. The summed E-state index contributed by atoms with van der Waals surface area (Å²) in [5.41, 5.74) is 2.74. The maximum absolute atomic E-state index is 12.5. The largest absolute Gasteiger partial charge is 0.497 e. The zero-order valence-corrected chi connectivity index (χ0v) is 20.8. The Morgan fingerprint density at radius 1 is 1.15 bits per heavy atom. The Kier molecular flexibility index (Phi) is 7.54. The Morgan fingerprint density at radius 3 is 2.64 bits per heavy atom. The van der Waals surface area contributed by atoms with Crippen LogP contribution in [0.3, 0.4) is 0 Å². The lowest BCUT2D eigenvalue weighted by Gasteiger charge is -2.07. The van der Waals surface area contributed by atoms with E-state index in [-0.39, 0.29) is 12.3 Å². The van der Waals surface area contributed by atoms with Gasteiger partial charge in [-0.1, -0.05) is 46.6 Å². The number of esters is 1. The number of halogens is 2. The van der Waals surface area contributed by atoms with Gasteiger partial charge in [-0.05, 0) is 48.5 Å². The molecule has 0 atom stereocenters. The standard InChI is InChI=1S/C22H18Cl2N4O3S2/c1-3-31-21(29)19-20(28(27-26-19)11-13-4-7-15(30-2)8-5-13)33-22-25-18(12-32-22)14-6-9-16(23)17(24)10-14/h4-10,12H,3,11H2,1-2H3. The first-order valence-corrected chi connectivity index (χ1v) is 12.3. The molecule has 33 heavy (non-hydrogen) atoms. The molecule has 0 saturated carbocycles. The molecule has 4 rings (SSSR count). The van der Waals surface area contributed by atoms with E-state index in [9.17, 15) is 4.79 Å². The average molecular weight is 521 g/mol. The molecule has 0 aliphatic carbocycles. The molecule has 0 amide bonds. The minimum atomic E-state index is -0.526. The molecule has 0 aliphatic heterocycles. The van der Waals surface area contributed by atoms with Crippen molar-refractivity contribution in [3.8, 4) is 17.0 Å². The maximum atomic E-state index is 12.5. The lowest BCUT2D eigenvalue weighted by atomic mass is 10.2. The number of hydrogen-bond donors (Lipinski definition) is 0. The number of hydrogen-bond acceptors (Lipinski definition) is 8. The van der Waals surface area contributed by atoms with Crippen LogP contribution in [-0.2, 0) is 11.3 Å². The van der Waals surface area contributed by atoms with Crippen LogP contribution in [0.1, 0.15) is 23.0 Å². The van der Waals surface area contributed by atoms with Gasteiger partial charge < -0.3 is 9.47 Å². The predicted molar refractivity (Wildman–Crippen MR) is 130 cm³/mol. The van der Waals surface area contributed by atoms with Gasteiger partial charge in [0.2, 0.25) is 5.69 Å². The molecule has 11 heteroatoms. The summed E-state index contributed by atoms with van der Waals surface area (Å²) < 4.78 is 12.8. The van der Waals surface area contributed by atoms with E-state index < -0.39 is 5.97 Å². The second-order valence-electron chi connectivity index (χ2n) is 6.70. The van der Waals surface area contributed by atoms with Gasteiger partial charge in [-0.3, -0.25) is 0 Å². The molecular formula is C22H18Cl2N4O3S2. The van der Waals surface area contributed by atoms with Crippen molar-refractivity contribution in [1.29, 1.82) is 0 Å². The van der Waals surface area contributed by atoms with E-state index in [0.717, 1.165) is 26.9 Å². The van der Waals surface area contributed by atoms with Crippen LogP contribution in [-0.4, -0.2) is 39.7 Å². The number of ether oxygens (including phenoxy) is 2. The number of carbonyl (C=O) groups is 1. The van der Waals surface area contributed by atoms with E-state index >= 15 is 0 Å². The van der Waals surface area contributed by atoms with Gasteiger partial charge in [-0.15, -0.1) is 16.4 Å². The Morgan fingerprint density at radius 2 is 1.94 bits per heavy atom. The number of benzene rings is 2. The summed E-state index contributed by atoms with van der Waals surface area (Å²) >= 11 is 14.9. The number of methoxy groups -OCH3 is 1. The van der Waals surface area contributed by atoms with Gasteiger partial charge in [0.25, 0.3) is 0 Å². The Balaban J connectivity index is 1.63. The first-order chi connectivity index (χ1) is 16.0. The fourth-order valence-electron chi connectivity index (χ4n) is 2.92. The Hall–Kier alpha value is -2.59. The van der Waals surface area contributed by atoms with Crippen molar-refractivity contribution in [2.24, 2.45) is 0 Å². The molecule has 0 unspecified atom stereocenters. The molecule has 0 spiro atoms. The van der Waals surface area contributed by atoms with E-state index in [1.165, 1.54) is 23.1 Å². The number of aromatic nitrogens is 4. The van der Waals surface area contributed by atoms with Crippen LogP contribution >= 0.6 is 46.3 Å².